The molecule has 0 saturated heterocycles. The summed E-state index contributed by atoms with van der Waals surface area (Å²) in [5.74, 6) is -1.01. The second-order valence-corrected chi connectivity index (χ2v) is 12.5. The van der Waals surface area contributed by atoms with Crippen molar-refractivity contribution in [1.29, 1.82) is 0 Å². The van der Waals surface area contributed by atoms with Gasteiger partial charge in [-0.2, -0.15) is 4.98 Å². The largest absolute Gasteiger partial charge is 0.451 e. The van der Waals surface area contributed by atoms with Gasteiger partial charge in [0.05, 0.1) is 28.2 Å². The molecule has 21 nitrogen and oxygen atoms in total. The summed E-state index contributed by atoms with van der Waals surface area (Å²) in [5.41, 5.74) is 15.9. The molecule has 3 amide bonds. The first-order chi connectivity index (χ1) is 28.5. The second-order valence-electron chi connectivity index (χ2n) is 12.5. The van der Waals surface area contributed by atoms with E-state index < -0.39 is 29.2 Å². The number of anilines is 7. The summed E-state index contributed by atoms with van der Waals surface area (Å²) in [4.78, 5) is 73.1. The second kappa shape index (κ2) is 16.9. The van der Waals surface area contributed by atoms with E-state index in [4.69, 9.17) is 16.2 Å². The Morgan fingerprint density at radius 1 is 0.729 bits per heavy atom. The Bertz CT molecular complexity index is 2690. The molecule has 0 atom stereocenters. The van der Waals surface area contributed by atoms with E-state index in [-0.39, 0.29) is 35.4 Å². The van der Waals surface area contributed by atoms with Crippen molar-refractivity contribution in [2.24, 2.45) is 0 Å². The van der Waals surface area contributed by atoms with Crippen LogP contribution in [-0.4, -0.2) is 63.8 Å². The van der Waals surface area contributed by atoms with Crippen molar-refractivity contribution >= 4 is 74.6 Å². The maximum absolute atomic E-state index is 13.0. The normalized spacial score (nSPS) is 10.7. The number of carbonyl (C=O) groups is 3. The van der Waals surface area contributed by atoms with E-state index >= 15 is 0 Å². The first-order valence-electron chi connectivity index (χ1n) is 17.5. The van der Waals surface area contributed by atoms with E-state index in [1.165, 1.54) is 43.8 Å². The number of nitrogen functional groups attached to an aromatic ring is 2. The fourth-order valence-corrected chi connectivity index (χ4v) is 5.71. The molecule has 0 radical (unpaired) electrons. The Kier molecular flexibility index (Phi) is 11.1. The van der Waals surface area contributed by atoms with Crippen molar-refractivity contribution in [2.45, 2.75) is 13.5 Å². The standard InChI is InChI=1S/C38H33N15O6/c1-21(54)49-24-8-10-26(11-9-24)50-33-30(39)29(42-17-44-33)16-41-36(55)22-2-6-25(7-3-22)51-34-31(53(57)58)38(47-19-45-34)59-20-48-37(56)23-4-12-27(13-5-23)52-15-14-28-32(40)43-18-46-35(28)52/h2-15,17-19H,16,20,39H2,1H3,(H,41,55)(H,48,56)(H,49,54)(H2,40,43,46)(H,42,44,50)(H,45,47,51). The van der Waals surface area contributed by atoms with Gasteiger partial charge >= 0.3 is 11.6 Å². The van der Waals surface area contributed by atoms with E-state index in [1.54, 1.807) is 65.4 Å². The number of hydrogen-bond acceptors (Lipinski definition) is 16. The number of amides is 3. The van der Waals surface area contributed by atoms with Gasteiger partial charge in [0.25, 0.3) is 11.8 Å². The monoisotopic (exact) mass is 795 g/mol. The van der Waals surface area contributed by atoms with Crippen molar-refractivity contribution in [3.05, 3.63) is 131 Å². The van der Waals surface area contributed by atoms with Gasteiger partial charge in [0, 0.05) is 47.0 Å². The molecule has 21 heteroatoms. The van der Waals surface area contributed by atoms with Crippen LogP contribution in [0.5, 0.6) is 5.88 Å². The minimum atomic E-state index is -0.715. The highest BCUT2D eigenvalue weighted by Gasteiger charge is 2.25. The number of ether oxygens (including phenoxy) is 1. The van der Waals surface area contributed by atoms with Crippen LogP contribution in [0.2, 0.25) is 0 Å². The molecule has 0 aliphatic rings. The topological polar surface area (TPSA) is 298 Å². The Morgan fingerprint density at radius 3 is 2.02 bits per heavy atom. The van der Waals surface area contributed by atoms with Crippen LogP contribution >= 0.6 is 0 Å². The van der Waals surface area contributed by atoms with Crippen molar-refractivity contribution < 1.29 is 24.0 Å². The predicted octanol–water partition coefficient (Wildman–Crippen LogP) is 4.22. The zero-order valence-electron chi connectivity index (χ0n) is 30.9. The van der Waals surface area contributed by atoms with E-state index in [1.807, 2.05) is 0 Å². The van der Waals surface area contributed by atoms with Gasteiger partial charge in [-0.05, 0) is 78.9 Å². The molecule has 0 spiro atoms. The number of carbonyl (C=O) groups excluding carboxylic acids is 3. The molecule has 0 aliphatic carbocycles. The third-order valence-electron chi connectivity index (χ3n) is 8.59. The summed E-state index contributed by atoms with van der Waals surface area (Å²) in [5, 5.41) is 26.8. The van der Waals surface area contributed by atoms with Crippen LogP contribution in [0.25, 0.3) is 16.7 Å². The number of rotatable bonds is 14. The molecular weight excluding hydrogens is 763 g/mol. The minimum Gasteiger partial charge on any atom is -0.451 e. The lowest BCUT2D eigenvalue weighted by Crippen LogP contribution is -2.28. The SMILES string of the molecule is CC(=O)Nc1ccc(Nc2ncnc(CNC(=O)c3ccc(Nc4ncnc(OCNC(=O)c5ccc(-n6ccc7c(N)ncnc76)cc5)c4[N+](=O)[O-])cc3)c2N)cc1. The number of benzene rings is 3. The van der Waals surface area contributed by atoms with Gasteiger partial charge in [-0.15, -0.1) is 0 Å². The summed E-state index contributed by atoms with van der Waals surface area (Å²) in [7, 11) is 0. The number of nitrogens with one attached hydrogen (secondary N) is 5. The highest BCUT2D eigenvalue weighted by molar-refractivity contribution is 5.95. The number of nitrogens with zero attached hydrogens (tertiary/aromatic N) is 8. The molecule has 0 unspecified atom stereocenters. The molecule has 4 aromatic heterocycles. The lowest BCUT2D eigenvalue weighted by Gasteiger charge is -2.13. The Balaban J connectivity index is 0.931. The molecular formula is C38H33N15O6. The van der Waals surface area contributed by atoms with Gasteiger partial charge < -0.3 is 47.4 Å². The number of nitro groups is 1. The van der Waals surface area contributed by atoms with Gasteiger partial charge in [0.2, 0.25) is 11.7 Å². The highest BCUT2D eigenvalue weighted by atomic mass is 16.6. The number of fused-ring (bicyclic) bond motifs is 1. The first kappa shape index (κ1) is 38.5. The van der Waals surface area contributed by atoms with Crippen molar-refractivity contribution in [3.8, 4) is 11.6 Å². The van der Waals surface area contributed by atoms with Crippen LogP contribution in [0.1, 0.15) is 33.3 Å². The predicted molar refractivity (Wildman–Crippen MR) is 216 cm³/mol. The third-order valence-corrected chi connectivity index (χ3v) is 8.59. The minimum absolute atomic E-state index is 0.00951. The molecule has 0 bridgehead atoms. The Morgan fingerprint density at radius 2 is 1.32 bits per heavy atom. The van der Waals surface area contributed by atoms with Gasteiger partial charge in [-0.1, -0.05) is 0 Å². The maximum atomic E-state index is 13.0. The van der Waals surface area contributed by atoms with Crippen molar-refractivity contribution in [2.75, 3.05) is 34.1 Å². The van der Waals surface area contributed by atoms with Crippen LogP contribution in [0, 0.1) is 10.1 Å². The van der Waals surface area contributed by atoms with Crippen molar-refractivity contribution in [3.63, 3.8) is 0 Å². The van der Waals surface area contributed by atoms with Gasteiger partial charge in [0.15, 0.2) is 12.5 Å². The van der Waals surface area contributed by atoms with Gasteiger partial charge in [0.1, 0.15) is 30.4 Å². The molecule has 0 saturated carbocycles. The molecule has 9 N–H and O–H groups in total. The van der Waals surface area contributed by atoms with E-state index in [9.17, 15) is 24.5 Å². The number of nitrogens with two attached hydrogens (primary N) is 2. The smallest absolute Gasteiger partial charge is 0.373 e. The van der Waals surface area contributed by atoms with Crippen molar-refractivity contribution in [1.82, 2.24) is 45.1 Å². The Labute approximate surface area is 333 Å². The van der Waals surface area contributed by atoms with E-state index in [2.05, 4.69) is 56.5 Å². The molecule has 59 heavy (non-hydrogen) atoms. The summed E-state index contributed by atoms with van der Waals surface area (Å²) in [6.45, 7) is 0.972. The van der Waals surface area contributed by atoms with E-state index in [0.29, 0.717) is 51.0 Å². The molecule has 0 aliphatic heterocycles. The summed E-state index contributed by atoms with van der Waals surface area (Å²) >= 11 is 0. The fourth-order valence-electron chi connectivity index (χ4n) is 5.71. The van der Waals surface area contributed by atoms with Crippen LogP contribution in [0.3, 0.4) is 0 Å². The summed E-state index contributed by atoms with van der Waals surface area (Å²) < 4.78 is 7.31. The number of hydrogen-bond donors (Lipinski definition) is 7. The van der Waals surface area contributed by atoms with Gasteiger partial charge in [-0.25, -0.2) is 24.9 Å². The molecule has 296 valence electrons. The van der Waals surface area contributed by atoms with Crippen LogP contribution in [0.15, 0.2) is 104 Å². The summed E-state index contributed by atoms with van der Waals surface area (Å²) in [6.07, 6.45) is 5.54. The zero-order chi connectivity index (χ0) is 41.5. The van der Waals surface area contributed by atoms with Gasteiger partial charge in [-0.3, -0.25) is 24.5 Å². The fraction of sp³-hybridized carbons (Fsp3) is 0.0789. The first-order valence-corrected chi connectivity index (χ1v) is 17.5. The Hall–Kier alpha value is -8.75. The van der Waals surface area contributed by atoms with E-state index in [0.717, 1.165) is 12.0 Å². The molecule has 3 aromatic carbocycles. The molecule has 7 aromatic rings. The average molecular weight is 796 g/mol. The molecule has 0 fully saturated rings. The molecule has 7 rings (SSSR count). The number of aromatic nitrogens is 7. The van der Waals surface area contributed by atoms with Crippen LogP contribution in [-0.2, 0) is 11.3 Å². The lowest BCUT2D eigenvalue weighted by molar-refractivity contribution is -0.385. The lowest BCUT2D eigenvalue weighted by atomic mass is 10.2. The summed E-state index contributed by atoms with van der Waals surface area (Å²) in [6, 6.07) is 21.5. The van der Waals surface area contributed by atoms with Crippen LogP contribution in [0.4, 0.5) is 45.9 Å². The average Bonchev–Trinajstić information content (AvgIpc) is 3.67. The highest BCUT2D eigenvalue weighted by Crippen LogP contribution is 2.33. The zero-order valence-corrected chi connectivity index (χ0v) is 30.9. The quantitative estimate of drug-likeness (QED) is 0.0460. The molecule has 4 heterocycles. The van der Waals surface area contributed by atoms with Crippen LogP contribution < -0.4 is 42.8 Å². The maximum Gasteiger partial charge on any atom is 0.373 e. The third kappa shape index (κ3) is 8.88.